The van der Waals surface area contributed by atoms with E-state index < -0.39 is 80.9 Å². The summed E-state index contributed by atoms with van der Waals surface area (Å²) >= 11 is 0. The van der Waals surface area contributed by atoms with Crippen molar-refractivity contribution in [3.8, 4) is 0 Å². The van der Waals surface area contributed by atoms with E-state index in [1.807, 2.05) is 33.9 Å². The van der Waals surface area contributed by atoms with E-state index in [9.17, 15) is 31.7 Å². The number of rotatable bonds is 13. The van der Waals surface area contributed by atoms with Gasteiger partial charge in [-0.25, -0.2) is 13.2 Å². The molecule has 17 heteroatoms. The summed E-state index contributed by atoms with van der Waals surface area (Å²) in [6, 6.07) is 2.50. The van der Waals surface area contributed by atoms with E-state index in [2.05, 4.69) is 6.58 Å². The molecule has 0 N–H and O–H groups in total. The number of hydrogen-bond donors (Lipinski definition) is 0. The number of carbonyl (C=O) groups excluding carboxylic acids is 1. The Hall–Kier alpha value is -2.67. The van der Waals surface area contributed by atoms with Crippen molar-refractivity contribution in [1.82, 2.24) is 9.37 Å². The minimum Gasteiger partial charge on any atom is -0.444 e. The molecule has 1 aromatic rings. The summed E-state index contributed by atoms with van der Waals surface area (Å²) in [6.07, 6.45) is 2.81. The minimum absolute atomic E-state index is 0.00471. The van der Waals surface area contributed by atoms with Crippen LogP contribution in [0.1, 0.15) is 41.5 Å². The fourth-order valence-electron chi connectivity index (χ4n) is 3.96. The number of ether oxygens (including phenoxy) is 1. The minimum atomic E-state index is -4.82. The molecule has 1 heterocycles. The van der Waals surface area contributed by atoms with E-state index in [0.717, 1.165) is 18.4 Å². The first kappa shape index (κ1) is 38.5. The predicted octanol–water partition coefficient (Wildman–Crippen LogP) is 4.62. The van der Waals surface area contributed by atoms with Gasteiger partial charge in [-0.1, -0.05) is 49.5 Å². The molecule has 0 aliphatic carbocycles. The number of sulfonamides is 1. The normalized spacial score (nSPS) is 18.4. The third-order valence-electron chi connectivity index (χ3n) is 7.24. The second kappa shape index (κ2) is 14.4. The van der Waals surface area contributed by atoms with Crippen LogP contribution in [0.5, 0.6) is 0 Å². The van der Waals surface area contributed by atoms with Gasteiger partial charge < -0.3 is 9.16 Å². The number of para-hydroxylation sites is 1. The first-order valence-corrected chi connectivity index (χ1v) is 20.3. The summed E-state index contributed by atoms with van der Waals surface area (Å²) in [7, 11) is -11.2. The summed E-state index contributed by atoms with van der Waals surface area (Å²) in [5.74, 6) is 0. The molecule has 0 bridgehead atoms. The second-order valence-corrected chi connectivity index (χ2v) is 21.3. The van der Waals surface area contributed by atoms with Crippen LogP contribution in [0.4, 0.5) is 10.5 Å². The lowest BCUT2D eigenvalue weighted by molar-refractivity contribution is -0.388. The molecule has 254 valence electrons. The van der Waals surface area contributed by atoms with Gasteiger partial charge in [-0.3, -0.25) is 24.0 Å². The predicted molar refractivity (Wildman–Crippen MR) is 171 cm³/mol. The van der Waals surface area contributed by atoms with Crippen LogP contribution in [-0.4, -0.2) is 95.8 Å². The highest BCUT2D eigenvalue weighted by atomic mass is 32.2. The van der Waals surface area contributed by atoms with Gasteiger partial charge in [-0.15, -0.1) is 6.58 Å². The standard InChI is InChI=1S/C28H45N3O11S2Si/c1-11-16-39-31(44(37,38)25-15-13-12-14-23(25)30(33)34)24-18-29(26(32)42-27(2,3)4)22(17-21(24)19-40-43(8,35)36)20-41-45(9,10)28(5,6)7/h11-15,17,22,24H,1,16,18-20H2,2-10H3/t22-,24?/m0/s1. The first-order valence-electron chi connectivity index (χ1n) is 14.1. The van der Waals surface area contributed by atoms with E-state index in [0.29, 0.717) is 4.47 Å². The molecule has 1 unspecified atom stereocenters. The van der Waals surface area contributed by atoms with Gasteiger partial charge in [-0.05, 0) is 50.5 Å². The SMILES string of the molecule is C=CCON(C1CN(C(=O)OC(C)(C)C)[C@H](CO[Si](C)(C)C(C)(C)C)C=C1COS(C)(=O)=O)S(=O)(=O)c1ccccc1[N+](=O)[O-]. The second-order valence-electron chi connectivity index (χ2n) is 13.1. The third-order valence-corrected chi connectivity index (χ3v) is 14.0. The van der Waals surface area contributed by atoms with Crippen LogP contribution in [0.15, 0.2) is 53.5 Å². The topological polar surface area (TPSA) is 172 Å². The van der Waals surface area contributed by atoms with Gasteiger partial charge in [0.05, 0.1) is 43.1 Å². The van der Waals surface area contributed by atoms with Crippen LogP contribution < -0.4 is 0 Å². The van der Waals surface area contributed by atoms with Crippen molar-refractivity contribution in [3.63, 3.8) is 0 Å². The Morgan fingerprint density at radius 2 is 1.76 bits per heavy atom. The summed E-state index contributed by atoms with van der Waals surface area (Å²) < 4.78 is 69.9. The third kappa shape index (κ3) is 10.4. The van der Waals surface area contributed by atoms with Gasteiger partial charge >= 0.3 is 6.09 Å². The molecular formula is C28H45N3O11S2Si. The molecule has 45 heavy (non-hydrogen) atoms. The number of nitro benzene ring substituents is 1. The van der Waals surface area contributed by atoms with Gasteiger partial charge in [0, 0.05) is 12.6 Å². The Kier molecular flexibility index (Phi) is 12.3. The molecule has 1 amide bonds. The largest absolute Gasteiger partial charge is 0.444 e. The van der Waals surface area contributed by atoms with E-state index in [-0.39, 0.29) is 23.8 Å². The fraction of sp³-hybridized carbons (Fsp3) is 0.607. The summed E-state index contributed by atoms with van der Waals surface area (Å²) in [5, 5.41) is 11.6. The molecule has 0 saturated carbocycles. The lowest BCUT2D eigenvalue weighted by Gasteiger charge is -2.43. The number of nitrogens with zero attached hydrogens (tertiary/aromatic N) is 3. The fourth-order valence-corrected chi connectivity index (χ4v) is 6.92. The van der Waals surface area contributed by atoms with Crippen molar-refractivity contribution < 1.29 is 44.7 Å². The Bertz CT molecular complexity index is 1500. The highest BCUT2D eigenvalue weighted by Crippen LogP contribution is 2.38. The van der Waals surface area contributed by atoms with Gasteiger partial charge in [0.1, 0.15) is 5.60 Å². The van der Waals surface area contributed by atoms with E-state index >= 15 is 0 Å². The summed E-state index contributed by atoms with van der Waals surface area (Å²) in [4.78, 5) is 30.8. The number of hydrogen-bond acceptors (Lipinski definition) is 11. The van der Waals surface area contributed by atoms with Crippen LogP contribution in [0.2, 0.25) is 18.1 Å². The maximum Gasteiger partial charge on any atom is 0.410 e. The molecule has 0 spiro atoms. The van der Waals surface area contributed by atoms with Crippen molar-refractivity contribution in [2.75, 3.05) is 32.6 Å². The van der Waals surface area contributed by atoms with Crippen LogP contribution >= 0.6 is 0 Å². The van der Waals surface area contributed by atoms with Crippen molar-refractivity contribution in [2.45, 2.75) is 82.3 Å². The number of benzene rings is 1. The van der Waals surface area contributed by atoms with Crippen LogP contribution in [0, 0.1) is 10.1 Å². The zero-order valence-corrected chi connectivity index (χ0v) is 29.9. The van der Waals surface area contributed by atoms with E-state index in [1.165, 1.54) is 29.2 Å². The first-order chi connectivity index (χ1) is 20.4. The molecule has 0 saturated heterocycles. The van der Waals surface area contributed by atoms with Gasteiger partial charge in [0.15, 0.2) is 13.2 Å². The summed E-state index contributed by atoms with van der Waals surface area (Å²) in [5.41, 5.74) is -1.50. The lowest BCUT2D eigenvalue weighted by Crippen LogP contribution is -2.58. The summed E-state index contributed by atoms with van der Waals surface area (Å²) in [6.45, 7) is 17.4. The van der Waals surface area contributed by atoms with Gasteiger partial charge in [0.25, 0.3) is 25.8 Å². The van der Waals surface area contributed by atoms with Gasteiger partial charge in [0.2, 0.25) is 0 Å². The van der Waals surface area contributed by atoms with Crippen molar-refractivity contribution in [3.05, 3.63) is 58.7 Å². The van der Waals surface area contributed by atoms with E-state index in [4.69, 9.17) is 18.2 Å². The van der Waals surface area contributed by atoms with Crippen LogP contribution in [0.3, 0.4) is 0 Å². The molecule has 0 fully saturated rings. The molecule has 14 nitrogen and oxygen atoms in total. The Morgan fingerprint density at radius 1 is 1.16 bits per heavy atom. The van der Waals surface area contributed by atoms with Crippen molar-refractivity contribution >= 4 is 40.2 Å². The molecule has 1 aromatic carbocycles. The van der Waals surface area contributed by atoms with Gasteiger partial charge in [-0.2, -0.15) is 8.42 Å². The molecule has 0 aromatic heterocycles. The molecule has 2 atom stereocenters. The number of carbonyl (C=O) groups is 1. The average Bonchev–Trinajstić information content (AvgIpc) is 2.89. The zero-order chi connectivity index (χ0) is 34.6. The maximum absolute atomic E-state index is 14.1. The smallest absolute Gasteiger partial charge is 0.410 e. The molecule has 0 radical (unpaired) electrons. The lowest BCUT2D eigenvalue weighted by atomic mass is 9.99. The number of hydroxylamine groups is 1. The quantitative estimate of drug-likeness (QED) is 0.0929. The van der Waals surface area contributed by atoms with Crippen LogP contribution in [-0.2, 0) is 38.3 Å². The van der Waals surface area contributed by atoms with Crippen molar-refractivity contribution in [1.29, 1.82) is 0 Å². The average molecular weight is 692 g/mol. The highest BCUT2D eigenvalue weighted by molar-refractivity contribution is 7.89. The molecule has 2 rings (SSSR count). The Morgan fingerprint density at radius 3 is 2.27 bits per heavy atom. The van der Waals surface area contributed by atoms with Crippen LogP contribution in [0.25, 0.3) is 0 Å². The number of amides is 1. The number of nitro groups is 1. The molecular weight excluding hydrogens is 647 g/mol. The zero-order valence-electron chi connectivity index (χ0n) is 27.3. The van der Waals surface area contributed by atoms with E-state index in [1.54, 1.807) is 20.8 Å². The Labute approximate surface area is 267 Å². The monoisotopic (exact) mass is 691 g/mol. The molecule has 1 aliphatic rings. The molecule has 1 aliphatic heterocycles. The Balaban J connectivity index is 2.79. The maximum atomic E-state index is 14.1. The highest BCUT2D eigenvalue weighted by Gasteiger charge is 2.45. The van der Waals surface area contributed by atoms with Crippen molar-refractivity contribution in [2.24, 2.45) is 0 Å².